The van der Waals surface area contributed by atoms with Crippen molar-refractivity contribution >= 4 is 16.9 Å². The van der Waals surface area contributed by atoms with Gasteiger partial charge in [0, 0.05) is 18.0 Å². The van der Waals surface area contributed by atoms with E-state index in [2.05, 4.69) is 20.3 Å². The van der Waals surface area contributed by atoms with Crippen molar-refractivity contribution in [2.75, 3.05) is 0 Å². The average molecular weight is 280 g/mol. The number of imidazole rings is 1. The Kier molecular flexibility index (Phi) is 3.39. The standard InChI is InChI=1S/C16H16N4O/c1-10-3-4-13-14(9-10)20-15(19-13)11(2)18-16(21)12-5-7-17-8-6-12/h3-9,11H,1-2H3,(H,18,21)(H,19,20). The van der Waals surface area contributed by atoms with Gasteiger partial charge in [0.05, 0.1) is 17.1 Å². The highest BCUT2D eigenvalue weighted by Gasteiger charge is 2.14. The van der Waals surface area contributed by atoms with Crippen LogP contribution < -0.4 is 5.32 Å². The van der Waals surface area contributed by atoms with Gasteiger partial charge in [0.1, 0.15) is 5.82 Å². The number of pyridine rings is 1. The second kappa shape index (κ2) is 5.36. The minimum absolute atomic E-state index is 0.137. The van der Waals surface area contributed by atoms with Crippen molar-refractivity contribution in [2.45, 2.75) is 19.9 Å². The molecule has 0 spiro atoms. The largest absolute Gasteiger partial charge is 0.342 e. The molecule has 0 radical (unpaired) electrons. The molecule has 1 aromatic carbocycles. The molecule has 0 saturated carbocycles. The fourth-order valence-corrected chi connectivity index (χ4v) is 2.20. The third-order valence-electron chi connectivity index (χ3n) is 3.36. The van der Waals surface area contributed by atoms with Crippen LogP contribution in [-0.2, 0) is 0 Å². The number of rotatable bonds is 3. The summed E-state index contributed by atoms with van der Waals surface area (Å²) in [4.78, 5) is 23.8. The van der Waals surface area contributed by atoms with Crippen molar-refractivity contribution < 1.29 is 4.79 Å². The first-order valence-electron chi connectivity index (χ1n) is 6.80. The quantitative estimate of drug-likeness (QED) is 0.775. The van der Waals surface area contributed by atoms with Crippen molar-refractivity contribution in [3.8, 4) is 0 Å². The Bertz CT molecular complexity index is 779. The number of nitrogens with one attached hydrogen (secondary N) is 2. The van der Waals surface area contributed by atoms with E-state index in [1.807, 2.05) is 32.0 Å². The first-order chi connectivity index (χ1) is 10.1. The summed E-state index contributed by atoms with van der Waals surface area (Å²) >= 11 is 0. The topological polar surface area (TPSA) is 70.7 Å². The van der Waals surface area contributed by atoms with Gasteiger partial charge in [-0.05, 0) is 43.7 Å². The van der Waals surface area contributed by atoms with Gasteiger partial charge in [-0.1, -0.05) is 6.07 Å². The molecule has 1 atom stereocenters. The summed E-state index contributed by atoms with van der Waals surface area (Å²) in [6, 6.07) is 9.21. The highest BCUT2D eigenvalue weighted by molar-refractivity contribution is 5.94. The predicted molar refractivity (Wildman–Crippen MR) is 80.9 cm³/mol. The number of carbonyl (C=O) groups excluding carboxylic acids is 1. The van der Waals surface area contributed by atoms with Gasteiger partial charge in [-0.25, -0.2) is 4.98 Å². The molecule has 106 valence electrons. The summed E-state index contributed by atoms with van der Waals surface area (Å²) in [6.07, 6.45) is 3.20. The fraction of sp³-hybridized carbons (Fsp3) is 0.188. The molecule has 0 aliphatic rings. The molecule has 0 bridgehead atoms. The SMILES string of the molecule is Cc1ccc2nc(C(C)NC(=O)c3ccncc3)[nH]c2c1. The van der Waals surface area contributed by atoms with Crippen LogP contribution in [0.25, 0.3) is 11.0 Å². The van der Waals surface area contributed by atoms with Crippen LogP contribution in [-0.4, -0.2) is 20.9 Å². The number of benzene rings is 1. The number of aromatic nitrogens is 3. The Balaban J connectivity index is 1.80. The van der Waals surface area contributed by atoms with Crippen LogP contribution in [0.2, 0.25) is 0 Å². The van der Waals surface area contributed by atoms with Crippen LogP contribution in [0.1, 0.15) is 34.7 Å². The zero-order chi connectivity index (χ0) is 14.8. The number of aromatic amines is 1. The van der Waals surface area contributed by atoms with Crippen molar-refractivity contribution in [1.29, 1.82) is 0 Å². The smallest absolute Gasteiger partial charge is 0.251 e. The van der Waals surface area contributed by atoms with E-state index in [0.29, 0.717) is 5.56 Å². The molecular formula is C16H16N4O. The van der Waals surface area contributed by atoms with E-state index in [1.54, 1.807) is 24.5 Å². The number of nitrogens with zero attached hydrogens (tertiary/aromatic N) is 2. The van der Waals surface area contributed by atoms with E-state index in [9.17, 15) is 4.79 Å². The molecule has 2 aromatic heterocycles. The lowest BCUT2D eigenvalue weighted by Crippen LogP contribution is -2.27. The van der Waals surface area contributed by atoms with Crippen LogP contribution in [0.4, 0.5) is 0 Å². The summed E-state index contributed by atoms with van der Waals surface area (Å²) in [5.74, 6) is 0.611. The highest BCUT2D eigenvalue weighted by atomic mass is 16.1. The van der Waals surface area contributed by atoms with Crippen LogP contribution in [0, 0.1) is 6.92 Å². The minimum atomic E-state index is -0.196. The Morgan fingerprint density at radius 3 is 2.76 bits per heavy atom. The lowest BCUT2D eigenvalue weighted by atomic mass is 10.2. The first-order valence-corrected chi connectivity index (χ1v) is 6.80. The van der Waals surface area contributed by atoms with Crippen LogP contribution in [0.5, 0.6) is 0 Å². The molecule has 2 heterocycles. The Labute approximate surface area is 122 Å². The van der Waals surface area contributed by atoms with Crippen LogP contribution >= 0.6 is 0 Å². The summed E-state index contributed by atoms with van der Waals surface area (Å²) in [7, 11) is 0. The first kappa shape index (κ1) is 13.3. The van der Waals surface area contributed by atoms with E-state index in [-0.39, 0.29) is 11.9 Å². The van der Waals surface area contributed by atoms with Crippen LogP contribution in [0.3, 0.4) is 0 Å². The molecule has 2 N–H and O–H groups in total. The number of amides is 1. The van der Waals surface area contributed by atoms with Crippen molar-refractivity contribution in [1.82, 2.24) is 20.3 Å². The van der Waals surface area contributed by atoms with Crippen molar-refractivity contribution in [3.05, 3.63) is 59.7 Å². The van der Waals surface area contributed by atoms with E-state index < -0.39 is 0 Å². The summed E-state index contributed by atoms with van der Waals surface area (Å²) in [5, 5.41) is 2.93. The maximum absolute atomic E-state index is 12.1. The molecule has 3 rings (SSSR count). The number of H-pyrrole nitrogens is 1. The van der Waals surface area contributed by atoms with Gasteiger partial charge in [-0.3, -0.25) is 9.78 Å². The molecule has 0 saturated heterocycles. The Hall–Kier alpha value is -2.69. The van der Waals surface area contributed by atoms with Gasteiger partial charge in [0.15, 0.2) is 0 Å². The molecule has 0 aliphatic carbocycles. The van der Waals surface area contributed by atoms with E-state index >= 15 is 0 Å². The Morgan fingerprint density at radius 1 is 1.24 bits per heavy atom. The molecule has 1 amide bonds. The monoisotopic (exact) mass is 280 g/mol. The van der Waals surface area contributed by atoms with E-state index in [0.717, 1.165) is 16.9 Å². The minimum Gasteiger partial charge on any atom is -0.342 e. The molecule has 5 nitrogen and oxygen atoms in total. The summed E-state index contributed by atoms with van der Waals surface area (Å²) < 4.78 is 0. The molecule has 1 unspecified atom stereocenters. The number of carbonyl (C=O) groups is 1. The molecule has 0 fully saturated rings. The maximum atomic E-state index is 12.1. The maximum Gasteiger partial charge on any atom is 0.251 e. The van der Waals surface area contributed by atoms with Crippen LogP contribution in [0.15, 0.2) is 42.7 Å². The lowest BCUT2D eigenvalue weighted by Gasteiger charge is -2.11. The van der Waals surface area contributed by atoms with Gasteiger partial charge in [-0.15, -0.1) is 0 Å². The second-order valence-electron chi connectivity index (χ2n) is 5.07. The average Bonchev–Trinajstić information content (AvgIpc) is 2.91. The molecule has 0 aliphatic heterocycles. The second-order valence-corrected chi connectivity index (χ2v) is 5.07. The summed E-state index contributed by atoms with van der Waals surface area (Å²) in [6.45, 7) is 3.94. The number of hydrogen-bond donors (Lipinski definition) is 2. The zero-order valence-corrected chi connectivity index (χ0v) is 11.9. The lowest BCUT2D eigenvalue weighted by molar-refractivity contribution is 0.0938. The normalized spacial score (nSPS) is 12.3. The third kappa shape index (κ3) is 2.76. The number of fused-ring (bicyclic) bond motifs is 1. The van der Waals surface area contributed by atoms with Gasteiger partial charge in [-0.2, -0.15) is 0 Å². The fourth-order valence-electron chi connectivity index (χ4n) is 2.20. The zero-order valence-electron chi connectivity index (χ0n) is 11.9. The van der Waals surface area contributed by atoms with Gasteiger partial charge >= 0.3 is 0 Å². The number of hydrogen-bond acceptors (Lipinski definition) is 3. The number of aryl methyl sites for hydroxylation is 1. The molecule has 3 aromatic rings. The Morgan fingerprint density at radius 2 is 2.00 bits per heavy atom. The van der Waals surface area contributed by atoms with Gasteiger partial charge in [0.2, 0.25) is 0 Å². The predicted octanol–water partition coefficient (Wildman–Crippen LogP) is 2.76. The van der Waals surface area contributed by atoms with Crippen molar-refractivity contribution in [3.63, 3.8) is 0 Å². The van der Waals surface area contributed by atoms with E-state index in [4.69, 9.17) is 0 Å². The van der Waals surface area contributed by atoms with Gasteiger partial charge < -0.3 is 10.3 Å². The molecular weight excluding hydrogens is 264 g/mol. The summed E-state index contributed by atoms with van der Waals surface area (Å²) in [5.41, 5.74) is 3.64. The van der Waals surface area contributed by atoms with Crippen molar-refractivity contribution in [2.24, 2.45) is 0 Å². The molecule has 5 heteroatoms. The van der Waals surface area contributed by atoms with Gasteiger partial charge in [0.25, 0.3) is 5.91 Å². The third-order valence-corrected chi connectivity index (χ3v) is 3.36. The highest BCUT2D eigenvalue weighted by Crippen LogP contribution is 2.17. The van der Waals surface area contributed by atoms with E-state index in [1.165, 1.54) is 5.56 Å². The molecule has 21 heavy (non-hydrogen) atoms.